The molecular formula is C15H23NO4. The van der Waals surface area contributed by atoms with E-state index < -0.39 is 0 Å². The van der Waals surface area contributed by atoms with Crippen LogP contribution < -0.4 is 0 Å². The van der Waals surface area contributed by atoms with Crippen LogP contribution in [0.5, 0.6) is 0 Å². The summed E-state index contributed by atoms with van der Waals surface area (Å²) in [7, 11) is 1.33. The largest absolute Gasteiger partial charge is 0.511 e. The van der Waals surface area contributed by atoms with Crippen molar-refractivity contribution in [1.82, 2.24) is 0 Å². The molecule has 0 bridgehead atoms. The van der Waals surface area contributed by atoms with Gasteiger partial charge in [0, 0.05) is 31.5 Å². The van der Waals surface area contributed by atoms with Crippen molar-refractivity contribution in [1.29, 1.82) is 0 Å². The molecule has 20 heavy (non-hydrogen) atoms. The van der Waals surface area contributed by atoms with Crippen LogP contribution in [0.3, 0.4) is 0 Å². The lowest BCUT2D eigenvalue weighted by Gasteiger charge is -2.17. The highest BCUT2D eigenvalue weighted by molar-refractivity contribution is 6.23. The van der Waals surface area contributed by atoms with E-state index in [0.29, 0.717) is 43.5 Å². The van der Waals surface area contributed by atoms with Gasteiger partial charge in [-0.25, -0.2) is 0 Å². The van der Waals surface area contributed by atoms with Gasteiger partial charge in [-0.2, -0.15) is 0 Å². The third kappa shape index (κ3) is 4.79. The van der Waals surface area contributed by atoms with Gasteiger partial charge in [-0.3, -0.25) is 14.6 Å². The maximum absolute atomic E-state index is 12.0. The maximum atomic E-state index is 12.0. The molecule has 1 rings (SSSR count). The molecule has 0 saturated heterocycles. The number of aliphatic hydroxyl groups excluding tert-OH is 1. The first kappa shape index (κ1) is 16.4. The summed E-state index contributed by atoms with van der Waals surface area (Å²) in [5.74, 6) is -0.299. The minimum Gasteiger partial charge on any atom is -0.511 e. The Morgan fingerprint density at radius 2 is 2.10 bits per heavy atom. The van der Waals surface area contributed by atoms with Gasteiger partial charge in [-0.1, -0.05) is 13.3 Å². The molecule has 0 fully saturated rings. The number of methoxy groups -OCH3 is 1. The van der Waals surface area contributed by atoms with Crippen LogP contribution in [0.15, 0.2) is 16.3 Å². The highest BCUT2D eigenvalue weighted by Gasteiger charge is 2.25. The monoisotopic (exact) mass is 281 g/mol. The van der Waals surface area contributed by atoms with Crippen molar-refractivity contribution in [2.75, 3.05) is 13.7 Å². The number of aliphatic imine (C=N–C) groups is 1. The Balaban J connectivity index is 2.88. The number of Topliss-reactive ketones (excluding diaryl/α,β-unsaturated/α-hetero) is 1. The summed E-state index contributed by atoms with van der Waals surface area (Å²) < 4.78 is 4.61. The van der Waals surface area contributed by atoms with Crippen LogP contribution in [0.1, 0.15) is 51.9 Å². The van der Waals surface area contributed by atoms with Crippen molar-refractivity contribution in [3.8, 4) is 0 Å². The quantitative estimate of drug-likeness (QED) is 0.442. The second kappa shape index (κ2) is 8.51. The number of hydrogen-bond acceptors (Lipinski definition) is 5. The number of hydrogen-bond donors (Lipinski definition) is 1. The Labute approximate surface area is 119 Å². The molecule has 1 aliphatic carbocycles. The molecule has 0 aromatic heterocycles. The molecule has 0 heterocycles. The first-order chi connectivity index (χ1) is 9.60. The predicted molar refractivity (Wildman–Crippen MR) is 77.0 cm³/mol. The lowest BCUT2D eigenvalue weighted by atomic mass is 9.91. The van der Waals surface area contributed by atoms with E-state index >= 15 is 0 Å². The Kier molecular flexibility index (Phi) is 6.98. The molecule has 0 spiro atoms. The summed E-state index contributed by atoms with van der Waals surface area (Å²) in [6.45, 7) is 2.67. The molecule has 5 nitrogen and oxygen atoms in total. The fraction of sp³-hybridized carbons (Fsp3) is 0.667. The molecule has 0 amide bonds. The number of allylic oxidation sites excluding steroid dienone is 2. The Morgan fingerprint density at radius 3 is 2.70 bits per heavy atom. The van der Waals surface area contributed by atoms with Crippen molar-refractivity contribution < 1.29 is 19.4 Å². The van der Waals surface area contributed by atoms with Crippen molar-refractivity contribution >= 4 is 17.5 Å². The maximum Gasteiger partial charge on any atom is 0.305 e. The summed E-state index contributed by atoms with van der Waals surface area (Å²) in [5, 5.41) is 9.95. The van der Waals surface area contributed by atoms with E-state index in [1.165, 1.54) is 7.11 Å². The van der Waals surface area contributed by atoms with Gasteiger partial charge in [0.1, 0.15) is 5.76 Å². The summed E-state index contributed by atoms with van der Waals surface area (Å²) in [6.07, 6.45) is 4.05. The van der Waals surface area contributed by atoms with Gasteiger partial charge < -0.3 is 9.84 Å². The van der Waals surface area contributed by atoms with E-state index in [1.54, 1.807) is 0 Å². The van der Waals surface area contributed by atoms with Crippen LogP contribution >= 0.6 is 0 Å². The molecule has 1 N–H and O–H groups in total. The van der Waals surface area contributed by atoms with E-state index in [9.17, 15) is 14.7 Å². The fourth-order valence-electron chi connectivity index (χ4n) is 2.13. The van der Waals surface area contributed by atoms with Crippen molar-refractivity contribution in [3.05, 3.63) is 11.3 Å². The predicted octanol–water partition coefficient (Wildman–Crippen LogP) is 2.75. The van der Waals surface area contributed by atoms with Crippen LogP contribution in [-0.2, 0) is 14.3 Å². The third-order valence-electron chi connectivity index (χ3n) is 3.28. The number of nitrogens with zero attached hydrogens (tertiary/aromatic N) is 1. The number of carbonyl (C=O) groups excluding carboxylic acids is 2. The number of ether oxygens (including phenoxy) is 1. The van der Waals surface area contributed by atoms with Crippen LogP contribution in [0.25, 0.3) is 0 Å². The lowest BCUT2D eigenvalue weighted by Crippen LogP contribution is -2.21. The average molecular weight is 281 g/mol. The highest BCUT2D eigenvalue weighted by atomic mass is 16.5. The third-order valence-corrected chi connectivity index (χ3v) is 3.28. The Hall–Kier alpha value is -1.65. The number of unbranched alkanes of at least 4 members (excludes halogenated alkanes) is 1. The number of rotatable bonds is 7. The summed E-state index contributed by atoms with van der Waals surface area (Å²) in [6, 6.07) is 0. The second-order valence-corrected chi connectivity index (χ2v) is 4.86. The van der Waals surface area contributed by atoms with E-state index in [0.717, 1.165) is 12.8 Å². The lowest BCUT2D eigenvalue weighted by molar-refractivity contribution is -0.140. The molecular weight excluding hydrogens is 258 g/mol. The molecule has 0 unspecified atom stereocenters. The van der Waals surface area contributed by atoms with E-state index in [2.05, 4.69) is 16.7 Å². The molecule has 0 atom stereocenters. The van der Waals surface area contributed by atoms with Crippen molar-refractivity contribution in [2.45, 2.75) is 51.9 Å². The molecule has 112 valence electrons. The van der Waals surface area contributed by atoms with E-state index in [1.807, 2.05) is 0 Å². The zero-order valence-corrected chi connectivity index (χ0v) is 12.3. The smallest absolute Gasteiger partial charge is 0.305 e. The van der Waals surface area contributed by atoms with Crippen LogP contribution in [-0.4, -0.2) is 36.2 Å². The van der Waals surface area contributed by atoms with Crippen molar-refractivity contribution in [3.63, 3.8) is 0 Å². The summed E-state index contributed by atoms with van der Waals surface area (Å²) in [5.41, 5.74) is 0.877. The normalized spacial score (nSPS) is 16.5. The first-order valence-corrected chi connectivity index (χ1v) is 7.16. The fourth-order valence-corrected chi connectivity index (χ4v) is 2.13. The van der Waals surface area contributed by atoms with Crippen LogP contribution in [0.4, 0.5) is 0 Å². The standard InChI is InChI=1S/C15H23NO4/c1-3-4-10-16-11(8-9-14(19)20-2)15-12(17)6-5-7-13(15)18/h17H,3-10H2,1-2H3. The van der Waals surface area contributed by atoms with E-state index in [4.69, 9.17) is 0 Å². The van der Waals surface area contributed by atoms with E-state index in [-0.39, 0.29) is 23.9 Å². The van der Waals surface area contributed by atoms with Gasteiger partial charge in [-0.05, 0) is 12.8 Å². The summed E-state index contributed by atoms with van der Waals surface area (Å²) in [4.78, 5) is 27.6. The molecule has 0 aliphatic heterocycles. The number of aliphatic hydroxyl groups is 1. The van der Waals surface area contributed by atoms with Gasteiger partial charge in [0.15, 0.2) is 5.78 Å². The summed E-state index contributed by atoms with van der Waals surface area (Å²) >= 11 is 0. The molecule has 0 radical (unpaired) electrons. The van der Waals surface area contributed by atoms with Gasteiger partial charge in [-0.15, -0.1) is 0 Å². The molecule has 0 aromatic rings. The van der Waals surface area contributed by atoms with Gasteiger partial charge >= 0.3 is 5.97 Å². The number of ketones is 1. The minimum atomic E-state index is -0.337. The zero-order valence-electron chi connectivity index (χ0n) is 12.3. The highest BCUT2D eigenvalue weighted by Crippen LogP contribution is 2.23. The zero-order chi connectivity index (χ0) is 15.0. The Morgan fingerprint density at radius 1 is 1.35 bits per heavy atom. The molecule has 0 aromatic carbocycles. The average Bonchev–Trinajstić information content (AvgIpc) is 2.43. The minimum absolute atomic E-state index is 0.0751. The molecule has 1 aliphatic rings. The van der Waals surface area contributed by atoms with Gasteiger partial charge in [0.25, 0.3) is 0 Å². The number of carbonyl (C=O) groups is 2. The Bertz CT molecular complexity index is 424. The molecule has 5 heteroatoms. The van der Waals surface area contributed by atoms with Gasteiger partial charge in [0.2, 0.25) is 0 Å². The second-order valence-electron chi connectivity index (χ2n) is 4.86. The van der Waals surface area contributed by atoms with Gasteiger partial charge in [0.05, 0.1) is 19.1 Å². The first-order valence-electron chi connectivity index (χ1n) is 7.16. The number of esters is 1. The molecule has 0 saturated carbocycles. The van der Waals surface area contributed by atoms with Crippen LogP contribution in [0.2, 0.25) is 0 Å². The SMILES string of the molecule is CCCCN=C(CCC(=O)OC)C1=C(O)CCCC1=O. The van der Waals surface area contributed by atoms with Crippen LogP contribution in [0, 0.1) is 0 Å². The topological polar surface area (TPSA) is 76.0 Å². The van der Waals surface area contributed by atoms with Crippen molar-refractivity contribution in [2.24, 2.45) is 4.99 Å².